The summed E-state index contributed by atoms with van der Waals surface area (Å²) in [5.41, 5.74) is 0.680. The fourth-order valence-electron chi connectivity index (χ4n) is 5.23. The molecule has 172 valence electrons. The average Bonchev–Trinajstić information content (AvgIpc) is 3.44. The van der Waals surface area contributed by atoms with Crippen molar-refractivity contribution in [1.82, 2.24) is 20.4 Å². The van der Waals surface area contributed by atoms with Crippen LogP contribution in [0.15, 0.2) is 28.8 Å². The summed E-state index contributed by atoms with van der Waals surface area (Å²) in [5.74, 6) is 2.29. The molecule has 0 spiro atoms. The minimum atomic E-state index is -0.392. The average molecular weight is 441 g/mol. The number of carbonyl (C=O) groups is 2. The summed E-state index contributed by atoms with van der Waals surface area (Å²) in [5, 5.41) is 7.21. The Hall–Kier alpha value is -2.90. The lowest BCUT2D eigenvalue weighted by molar-refractivity contribution is -0.134. The largest absolute Gasteiger partial charge is 0.497 e. The fraction of sp³-hybridized carbons (Fsp3) is 0.583. The van der Waals surface area contributed by atoms with E-state index in [0.29, 0.717) is 44.1 Å². The highest BCUT2D eigenvalue weighted by Gasteiger charge is 2.58. The first-order chi connectivity index (χ1) is 15.3. The van der Waals surface area contributed by atoms with Crippen LogP contribution in [-0.4, -0.2) is 53.1 Å². The summed E-state index contributed by atoms with van der Waals surface area (Å²) < 4.78 is 10.9. The van der Waals surface area contributed by atoms with Gasteiger partial charge in [0.25, 0.3) is 0 Å². The first-order valence-electron chi connectivity index (χ1n) is 11.3. The van der Waals surface area contributed by atoms with E-state index in [1.54, 1.807) is 14.0 Å². The number of aromatic nitrogens is 2. The third kappa shape index (κ3) is 4.36. The highest BCUT2D eigenvalue weighted by Crippen LogP contribution is 2.50. The van der Waals surface area contributed by atoms with Gasteiger partial charge in [-0.15, -0.1) is 0 Å². The Bertz CT molecular complexity index is 988. The lowest BCUT2D eigenvalue weighted by Gasteiger charge is -2.26. The molecule has 4 rings (SSSR count). The quantitative estimate of drug-likeness (QED) is 0.711. The van der Waals surface area contributed by atoms with Crippen molar-refractivity contribution in [2.45, 2.75) is 57.9 Å². The van der Waals surface area contributed by atoms with Gasteiger partial charge >= 0.3 is 0 Å². The number of fused-ring (bicyclic) bond motifs is 1. The summed E-state index contributed by atoms with van der Waals surface area (Å²) >= 11 is 0. The third-order valence-corrected chi connectivity index (χ3v) is 6.77. The topological polar surface area (TPSA) is 97.6 Å². The van der Waals surface area contributed by atoms with Crippen LogP contribution in [-0.2, 0) is 21.4 Å². The molecule has 0 bridgehead atoms. The van der Waals surface area contributed by atoms with Crippen LogP contribution in [0.3, 0.4) is 0 Å². The molecule has 8 heteroatoms. The number of nitrogens with zero attached hydrogens (tertiary/aromatic N) is 3. The van der Waals surface area contributed by atoms with E-state index in [-0.39, 0.29) is 29.7 Å². The number of nitrogens with one attached hydrogen (secondary N) is 1. The zero-order valence-electron chi connectivity index (χ0n) is 19.3. The Labute approximate surface area is 188 Å². The second-order valence-corrected chi connectivity index (χ2v) is 9.43. The lowest BCUT2D eigenvalue weighted by atomic mass is 9.80. The van der Waals surface area contributed by atoms with Crippen molar-refractivity contribution in [3.05, 3.63) is 41.5 Å². The Morgan fingerprint density at radius 3 is 2.88 bits per heavy atom. The normalized spacial score (nSPS) is 24.6. The second kappa shape index (κ2) is 8.92. The number of hydrogen-bond acceptors (Lipinski definition) is 6. The van der Waals surface area contributed by atoms with Gasteiger partial charge in [0.15, 0.2) is 5.82 Å². The van der Waals surface area contributed by atoms with Crippen LogP contribution in [0.25, 0.3) is 0 Å². The van der Waals surface area contributed by atoms with Gasteiger partial charge in [0.1, 0.15) is 5.75 Å². The number of amides is 2. The Morgan fingerprint density at radius 2 is 2.19 bits per heavy atom. The Balaban J connectivity index is 1.42. The molecule has 1 aromatic heterocycles. The molecule has 3 atom stereocenters. The Kier molecular flexibility index (Phi) is 6.22. The van der Waals surface area contributed by atoms with Crippen LogP contribution in [0.1, 0.15) is 50.4 Å². The number of carbonyl (C=O) groups excluding carboxylic acids is 2. The first-order valence-corrected chi connectivity index (χ1v) is 11.3. The molecule has 2 fully saturated rings. The predicted octanol–water partition coefficient (Wildman–Crippen LogP) is 2.65. The minimum Gasteiger partial charge on any atom is -0.497 e. The summed E-state index contributed by atoms with van der Waals surface area (Å²) in [7, 11) is 1.64. The molecule has 2 amide bonds. The standard InChI is InChI=1S/C24H32N4O4/c1-15(2)22(30)28-13-18-11-19(12-24(18,14-28)23-25-16(3)27-32-23)26-21(29)9-8-17-6-5-7-20(10-17)31-4/h5-7,10,15,18-19H,8-9,11-14H2,1-4H3,(H,26,29)/t18-,19+,24-/m0/s1. The Morgan fingerprint density at radius 1 is 1.38 bits per heavy atom. The SMILES string of the molecule is COc1cccc(CCC(=O)N[C@@H]2C[C@H]3CN(C(=O)C(C)C)C[C@@]3(c3nc(C)no3)C2)c1. The summed E-state index contributed by atoms with van der Waals surface area (Å²) in [4.78, 5) is 31.8. The molecule has 1 saturated carbocycles. The van der Waals surface area contributed by atoms with E-state index in [0.717, 1.165) is 17.7 Å². The van der Waals surface area contributed by atoms with Crippen LogP contribution in [0.5, 0.6) is 5.75 Å². The van der Waals surface area contributed by atoms with Gasteiger partial charge < -0.3 is 19.5 Å². The first kappa shape index (κ1) is 22.3. The molecule has 1 aliphatic heterocycles. The van der Waals surface area contributed by atoms with Crippen molar-refractivity contribution < 1.29 is 18.8 Å². The fourth-order valence-corrected chi connectivity index (χ4v) is 5.23. The van der Waals surface area contributed by atoms with Crippen LogP contribution in [0.2, 0.25) is 0 Å². The molecule has 2 aliphatic rings. The monoisotopic (exact) mass is 440 g/mol. The van der Waals surface area contributed by atoms with Gasteiger partial charge in [-0.25, -0.2) is 0 Å². The van der Waals surface area contributed by atoms with Crippen LogP contribution < -0.4 is 10.1 Å². The predicted molar refractivity (Wildman–Crippen MR) is 118 cm³/mol. The van der Waals surface area contributed by atoms with E-state index in [1.165, 1.54) is 0 Å². The second-order valence-electron chi connectivity index (χ2n) is 9.43. The molecule has 1 aromatic carbocycles. The molecule has 0 radical (unpaired) electrons. The van der Waals surface area contributed by atoms with E-state index >= 15 is 0 Å². The van der Waals surface area contributed by atoms with E-state index in [1.807, 2.05) is 43.0 Å². The van der Waals surface area contributed by atoms with E-state index in [2.05, 4.69) is 15.5 Å². The van der Waals surface area contributed by atoms with Crippen LogP contribution in [0.4, 0.5) is 0 Å². The van der Waals surface area contributed by atoms with E-state index in [9.17, 15) is 9.59 Å². The molecular formula is C24H32N4O4. The number of likely N-dealkylation sites (tertiary alicyclic amines) is 1. The molecule has 1 aliphatic carbocycles. The maximum Gasteiger partial charge on any atom is 0.235 e. The molecule has 2 aromatic rings. The van der Waals surface area contributed by atoms with E-state index < -0.39 is 5.41 Å². The zero-order valence-corrected chi connectivity index (χ0v) is 19.3. The molecule has 8 nitrogen and oxygen atoms in total. The number of ether oxygens (including phenoxy) is 1. The smallest absolute Gasteiger partial charge is 0.235 e. The number of hydrogen-bond donors (Lipinski definition) is 1. The van der Waals surface area contributed by atoms with E-state index in [4.69, 9.17) is 9.26 Å². The number of methoxy groups -OCH3 is 1. The van der Waals surface area contributed by atoms with Gasteiger partial charge in [-0.2, -0.15) is 4.98 Å². The molecule has 0 unspecified atom stereocenters. The summed E-state index contributed by atoms with van der Waals surface area (Å²) in [6, 6.07) is 7.82. The molecule has 1 N–H and O–H groups in total. The third-order valence-electron chi connectivity index (χ3n) is 6.77. The minimum absolute atomic E-state index is 0.0290. The van der Waals surface area contributed by atoms with Crippen molar-refractivity contribution in [1.29, 1.82) is 0 Å². The highest BCUT2D eigenvalue weighted by atomic mass is 16.5. The number of aryl methyl sites for hydroxylation is 2. The van der Waals surface area contributed by atoms with Crippen molar-refractivity contribution in [3.8, 4) is 5.75 Å². The maximum atomic E-state index is 12.7. The van der Waals surface area contributed by atoms with Gasteiger partial charge in [-0.05, 0) is 49.8 Å². The van der Waals surface area contributed by atoms with Gasteiger partial charge in [0, 0.05) is 31.5 Å². The molecular weight excluding hydrogens is 408 g/mol. The van der Waals surface area contributed by atoms with Gasteiger partial charge in [0.2, 0.25) is 17.7 Å². The zero-order chi connectivity index (χ0) is 22.9. The summed E-state index contributed by atoms with van der Waals surface area (Å²) in [6.45, 7) is 6.87. The molecule has 32 heavy (non-hydrogen) atoms. The summed E-state index contributed by atoms with van der Waals surface area (Å²) in [6.07, 6.45) is 2.57. The van der Waals surface area contributed by atoms with Crippen molar-refractivity contribution in [2.24, 2.45) is 11.8 Å². The van der Waals surface area contributed by atoms with Crippen LogP contribution in [0, 0.1) is 18.8 Å². The highest BCUT2D eigenvalue weighted by molar-refractivity contribution is 5.79. The number of benzene rings is 1. The molecule has 1 saturated heterocycles. The maximum absolute atomic E-state index is 12.7. The van der Waals surface area contributed by atoms with Gasteiger partial charge in [-0.3, -0.25) is 9.59 Å². The van der Waals surface area contributed by atoms with Gasteiger partial charge in [-0.1, -0.05) is 31.1 Å². The number of rotatable bonds is 7. The van der Waals surface area contributed by atoms with Crippen LogP contribution >= 0.6 is 0 Å². The van der Waals surface area contributed by atoms with Crippen molar-refractivity contribution >= 4 is 11.8 Å². The van der Waals surface area contributed by atoms with Gasteiger partial charge in [0.05, 0.1) is 12.5 Å². The lowest BCUT2D eigenvalue weighted by Crippen LogP contribution is -2.40. The van der Waals surface area contributed by atoms with Crippen molar-refractivity contribution in [3.63, 3.8) is 0 Å². The van der Waals surface area contributed by atoms with Crippen molar-refractivity contribution in [2.75, 3.05) is 20.2 Å². The molecule has 2 heterocycles.